The molecule has 1 fully saturated rings. The molecule has 1 aliphatic carbocycles. The molecule has 1 aliphatic rings. The molecule has 0 spiro atoms. The van der Waals surface area contributed by atoms with Gasteiger partial charge in [-0.3, -0.25) is 0 Å². The molecule has 0 amide bonds. The van der Waals surface area contributed by atoms with Gasteiger partial charge >= 0.3 is 0 Å². The molecule has 0 bridgehead atoms. The molecule has 0 aromatic rings. The average Bonchev–Trinajstić information content (AvgIpc) is 2.34. The first-order valence-corrected chi connectivity index (χ1v) is 4.19. The third kappa shape index (κ3) is 2.40. The van der Waals surface area contributed by atoms with Gasteiger partial charge in [-0.1, -0.05) is 25.0 Å². The molecule has 0 heterocycles. The van der Waals surface area contributed by atoms with E-state index in [1.165, 1.54) is 25.7 Å². The van der Waals surface area contributed by atoms with Gasteiger partial charge < -0.3 is 0 Å². The van der Waals surface area contributed by atoms with Crippen molar-refractivity contribution >= 4 is 11.6 Å². The summed E-state index contributed by atoms with van der Waals surface area (Å²) in [4.78, 5) is 0. The second-order valence-electron chi connectivity index (χ2n) is 2.63. The molecule has 1 saturated carbocycles. The maximum Gasteiger partial charge on any atom is 0.0404 e. The lowest BCUT2D eigenvalue weighted by molar-refractivity contribution is 0.685. The molecule has 0 aromatic carbocycles. The van der Waals surface area contributed by atoms with Crippen molar-refractivity contribution in [3.8, 4) is 0 Å². The lowest BCUT2D eigenvalue weighted by Gasteiger charge is -1.97. The van der Waals surface area contributed by atoms with Gasteiger partial charge in [-0.25, -0.2) is 0 Å². The van der Waals surface area contributed by atoms with E-state index in [0.29, 0.717) is 5.88 Å². The van der Waals surface area contributed by atoms with Crippen molar-refractivity contribution in [2.24, 2.45) is 5.92 Å². The lowest BCUT2D eigenvalue weighted by Crippen LogP contribution is -1.84. The topological polar surface area (TPSA) is 0 Å². The summed E-state index contributed by atoms with van der Waals surface area (Å²) in [5.41, 5.74) is 0. The van der Waals surface area contributed by atoms with Crippen molar-refractivity contribution in [1.82, 2.24) is 0 Å². The average molecular weight is 145 g/mol. The monoisotopic (exact) mass is 144 g/mol. The van der Waals surface area contributed by atoms with Gasteiger partial charge in [0.1, 0.15) is 0 Å². The van der Waals surface area contributed by atoms with E-state index in [1.54, 1.807) is 0 Å². The van der Waals surface area contributed by atoms with Crippen molar-refractivity contribution in [1.29, 1.82) is 0 Å². The first-order valence-electron chi connectivity index (χ1n) is 3.66. The highest BCUT2D eigenvalue weighted by Gasteiger charge is 2.10. The molecule has 0 aliphatic heterocycles. The van der Waals surface area contributed by atoms with E-state index in [4.69, 9.17) is 11.6 Å². The zero-order valence-corrected chi connectivity index (χ0v) is 6.40. The number of hydrogen-bond acceptors (Lipinski definition) is 0. The minimum atomic E-state index is 0.677. The van der Waals surface area contributed by atoms with Crippen molar-refractivity contribution < 1.29 is 0 Å². The number of alkyl halides is 1. The molecule has 52 valence electrons. The fraction of sp³-hybridized carbons (Fsp3) is 0.750. The molecule has 1 heteroatoms. The standard InChI is InChI=1S/C8H13Cl/c9-7-3-6-8-4-1-2-5-8/h3,6,8H,1-2,4-5,7H2. The molecule has 9 heavy (non-hydrogen) atoms. The minimum absolute atomic E-state index is 0.677. The molecule has 0 saturated heterocycles. The molecular weight excluding hydrogens is 132 g/mol. The van der Waals surface area contributed by atoms with Gasteiger partial charge in [0.05, 0.1) is 0 Å². The van der Waals surface area contributed by atoms with Crippen LogP contribution >= 0.6 is 11.6 Å². The van der Waals surface area contributed by atoms with Gasteiger partial charge in [0, 0.05) is 5.88 Å². The minimum Gasteiger partial charge on any atom is -0.122 e. The molecule has 0 N–H and O–H groups in total. The van der Waals surface area contributed by atoms with Crippen LogP contribution in [0.3, 0.4) is 0 Å². The fourth-order valence-electron chi connectivity index (χ4n) is 1.39. The highest BCUT2D eigenvalue weighted by atomic mass is 35.5. The Morgan fingerprint density at radius 2 is 2.00 bits per heavy atom. The third-order valence-electron chi connectivity index (χ3n) is 1.90. The highest BCUT2D eigenvalue weighted by molar-refractivity contribution is 6.18. The van der Waals surface area contributed by atoms with E-state index >= 15 is 0 Å². The second-order valence-corrected chi connectivity index (χ2v) is 2.94. The van der Waals surface area contributed by atoms with Gasteiger partial charge in [-0.05, 0) is 18.8 Å². The molecule has 0 atom stereocenters. The summed E-state index contributed by atoms with van der Waals surface area (Å²) in [5, 5.41) is 0. The number of allylic oxidation sites excluding steroid dienone is 2. The van der Waals surface area contributed by atoms with Gasteiger partial charge in [-0.2, -0.15) is 0 Å². The number of rotatable bonds is 2. The molecule has 0 nitrogen and oxygen atoms in total. The predicted molar refractivity (Wildman–Crippen MR) is 41.8 cm³/mol. The van der Waals surface area contributed by atoms with Crippen LogP contribution < -0.4 is 0 Å². The molecule has 1 rings (SSSR count). The Bertz CT molecular complexity index is 90.7. The van der Waals surface area contributed by atoms with Crippen LogP contribution in [0.5, 0.6) is 0 Å². The van der Waals surface area contributed by atoms with Crippen LogP contribution in [0.25, 0.3) is 0 Å². The summed E-state index contributed by atoms with van der Waals surface area (Å²) in [6.45, 7) is 0. The van der Waals surface area contributed by atoms with Crippen LogP contribution in [0.1, 0.15) is 25.7 Å². The molecule has 0 radical (unpaired) electrons. The van der Waals surface area contributed by atoms with Crippen molar-refractivity contribution in [2.75, 3.05) is 5.88 Å². The predicted octanol–water partition coefficient (Wildman–Crippen LogP) is 2.97. The van der Waals surface area contributed by atoms with Crippen LogP contribution in [0.4, 0.5) is 0 Å². The quantitative estimate of drug-likeness (QED) is 0.413. The maximum atomic E-state index is 5.49. The van der Waals surface area contributed by atoms with E-state index in [-0.39, 0.29) is 0 Å². The van der Waals surface area contributed by atoms with E-state index in [9.17, 15) is 0 Å². The van der Waals surface area contributed by atoms with Crippen molar-refractivity contribution in [3.05, 3.63) is 12.2 Å². The van der Waals surface area contributed by atoms with Gasteiger partial charge in [0.15, 0.2) is 0 Å². The van der Waals surface area contributed by atoms with E-state index < -0.39 is 0 Å². The number of halogens is 1. The zero-order valence-electron chi connectivity index (χ0n) is 5.65. The first-order chi connectivity index (χ1) is 4.43. The zero-order chi connectivity index (χ0) is 6.53. The van der Waals surface area contributed by atoms with Gasteiger partial charge in [0.25, 0.3) is 0 Å². The van der Waals surface area contributed by atoms with E-state index in [1.807, 2.05) is 0 Å². The van der Waals surface area contributed by atoms with Crippen LogP contribution in [-0.4, -0.2) is 5.88 Å². The van der Waals surface area contributed by atoms with Crippen LogP contribution in [-0.2, 0) is 0 Å². The second kappa shape index (κ2) is 3.94. The SMILES string of the molecule is ClCC=CC1CCCC1. The number of hydrogen-bond donors (Lipinski definition) is 0. The summed E-state index contributed by atoms with van der Waals surface area (Å²) >= 11 is 5.49. The summed E-state index contributed by atoms with van der Waals surface area (Å²) in [7, 11) is 0. The Morgan fingerprint density at radius 3 is 2.56 bits per heavy atom. The van der Waals surface area contributed by atoms with E-state index in [2.05, 4.69) is 12.2 Å². The Balaban J connectivity index is 2.18. The van der Waals surface area contributed by atoms with Gasteiger partial charge in [0.2, 0.25) is 0 Å². The van der Waals surface area contributed by atoms with Crippen LogP contribution in [0.2, 0.25) is 0 Å². The fourth-order valence-corrected chi connectivity index (χ4v) is 1.50. The molecule has 0 unspecified atom stereocenters. The highest BCUT2D eigenvalue weighted by Crippen LogP contribution is 2.25. The van der Waals surface area contributed by atoms with Gasteiger partial charge in [-0.15, -0.1) is 11.6 Å². The normalized spacial score (nSPS) is 21.9. The Labute approximate surface area is 61.9 Å². The van der Waals surface area contributed by atoms with E-state index in [0.717, 1.165) is 5.92 Å². The first kappa shape index (κ1) is 7.14. The Hall–Kier alpha value is 0.0300. The summed E-state index contributed by atoms with van der Waals surface area (Å²) < 4.78 is 0. The maximum absolute atomic E-state index is 5.49. The Morgan fingerprint density at radius 1 is 1.33 bits per heavy atom. The smallest absolute Gasteiger partial charge is 0.0404 e. The summed E-state index contributed by atoms with van der Waals surface area (Å²) in [6, 6.07) is 0. The molecule has 0 aromatic heterocycles. The summed E-state index contributed by atoms with van der Waals surface area (Å²) in [6.07, 6.45) is 9.92. The molecular formula is C8H13Cl. The van der Waals surface area contributed by atoms with Crippen LogP contribution in [0.15, 0.2) is 12.2 Å². The Kier molecular flexibility index (Phi) is 3.13. The third-order valence-corrected chi connectivity index (χ3v) is 2.08. The lowest BCUT2D eigenvalue weighted by atomic mass is 10.1. The largest absolute Gasteiger partial charge is 0.122 e. The summed E-state index contributed by atoms with van der Waals surface area (Å²) in [5.74, 6) is 1.53. The van der Waals surface area contributed by atoms with Crippen molar-refractivity contribution in [2.45, 2.75) is 25.7 Å². The van der Waals surface area contributed by atoms with Crippen molar-refractivity contribution in [3.63, 3.8) is 0 Å². The van der Waals surface area contributed by atoms with Crippen LogP contribution in [0, 0.1) is 5.92 Å².